The fourth-order valence-electron chi connectivity index (χ4n) is 2.91. The van der Waals surface area contributed by atoms with Gasteiger partial charge in [0.1, 0.15) is 11.5 Å². The average Bonchev–Trinajstić information content (AvgIpc) is 3.27. The molecule has 3 rings (SSSR count). The minimum Gasteiger partial charge on any atom is -0.497 e. The molecule has 1 aromatic heterocycles. The number of methoxy groups -OCH3 is 1. The van der Waals surface area contributed by atoms with E-state index in [-0.39, 0.29) is 23.9 Å². The number of nitrogens with one attached hydrogen (secondary N) is 1. The molecule has 0 atom stereocenters. The van der Waals surface area contributed by atoms with Crippen molar-refractivity contribution >= 4 is 15.9 Å². The van der Waals surface area contributed by atoms with Crippen molar-refractivity contribution < 1.29 is 22.4 Å². The van der Waals surface area contributed by atoms with Gasteiger partial charge in [-0.2, -0.15) is 4.31 Å². The molecule has 0 aliphatic carbocycles. The average molecular weight is 429 g/mol. The highest BCUT2D eigenvalue weighted by Gasteiger charge is 2.27. The molecule has 2 aromatic carbocycles. The molecule has 0 radical (unpaired) electrons. The van der Waals surface area contributed by atoms with Crippen LogP contribution in [0.25, 0.3) is 0 Å². The summed E-state index contributed by atoms with van der Waals surface area (Å²) < 4.78 is 37.8. The first-order chi connectivity index (χ1) is 14.5. The normalized spacial score (nSPS) is 11.4. The monoisotopic (exact) mass is 428 g/mol. The molecule has 1 heterocycles. The van der Waals surface area contributed by atoms with Crippen molar-refractivity contribution in [2.24, 2.45) is 0 Å². The quantitative estimate of drug-likeness (QED) is 0.536. The molecule has 0 spiro atoms. The number of hydrogen-bond donors (Lipinski definition) is 1. The Bertz CT molecular complexity index is 1030. The first-order valence-electron chi connectivity index (χ1n) is 9.46. The standard InChI is InChI=1S/C22H24N2O5S/c1-28-19-9-11-21(12-10-19)30(26,27)24(16-20-8-5-15-29-20)17-22(25)23-14-13-18-6-3-2-4-7-18/h2-12,15H,13-14,16-17H2,1H3,(H,23,25). The van der Waals surface area contributed by atoms with E-state index < -0.39 is 10.0 Å². The Balaban J connectivity index is 1.70. The van der Waals surface area contributed by atoms with Gasteiger partial charge in [-0.15, -0.1) is 0 Å². The molecule has 158 valence electrons. The summed E-state index contributed by atoms with van der Waals surface area (Å²) in [4.78, 5) is 12.6. The van der Waals surface area contributed by atoms with Gasteiger partial charge in [0.25, 0.3) is 0 Å². The molecule has 0 aliphatic rings. The van der Waals surface area contributed by atoms with Crippen LogP contribution in [0.15, 0.2) is 82.3 Å². The first kappa shape index (κ1) is 21.6. The molecule has 1 amide bonds. The zero-order valence-electron chi connectivity index (χ0n) is 16.7. The number of nitrogens with zero attached hydrogens (tertiary/aromatic N) is 1. The number of carbonyl (C=O) groups excluding carboxylic acids is 1. The van der Waals surface area contributed by atoms with Crippen LogP contribution in [0.2, 0.25) is 0 Å². The van der Waals surface area contributed by atoms with E-state index in [1.54, 1.807) is 24.3 Å². The molecule has 1 N–H and O–H groups in total. The van der Waals surface area contributed by atoms with Crippen LogP contribution in [-0.4, -0.2) is 38.8 Å². The molecular weight excluding hydrogens is 404 g/mol. The lowest BCUT2D eigenvalue weighted by Crippen LogP contribution is -2.40. The van der Waals surface area contributed by atoms with E-state index in [1.165, 1.54) is 25.5 Å². The van der Waals surface area contributed by atoms with Gasteiger partial charge in [0, 0.05) is 6.54 Å². The van der Waals surface area contributed by atoms with Crippen molar-refractivity contribution in [1.29, 1.82) is 0 Å². The summed E-state index contributed by atoms with van der Waals surface area (Å²) in [7, 11) is -2.41. The van der Waals surface area contributed by atoms with Crippen molar-refractivity contribution in [2.45, 2.75) is 17.9 Å². The van der Waals surface area contributed by atoms with Crippen molar-refractivity contribution in [3.8, 4) is 5.75 Å². The Hall–Kier alpha value is -3.10. The summed E-state index contributed by atoms with van der Waals surface area (Å²) in [5.74, 6) is 0.615. The van der Waals surface area contributed by atoms with Gasteiger partial charge in [-0.1, -0.05) is 30.3 Å². The van der Waals surface area contributed by atoms with E-state index in [1.807, 2.05) is 30.3 Å². The lowest BCUT2D eigenvalue weighted by Gasteiger charge is -2.21. The molecule has 0 saturated carbocycles. The third-order valence-electron chi connectivity index (χ3n) is 4.51. The first-order valence-corrected chi connectivity index (χ1v) is 10.9. The molecule has 8 heteroatoms. The molecule has 30 heavy (non-hydrogen) atoms. The maximum atomic E-state index is 13.2. The van der Waals surface area contributed by atoms with Gasteiger partial charge in [0.15, 0.2) is 0 Å². The van der Waals surface area contributed by atoms with Crippen LogP contribution in [0.4, 0.5) is 0 Å². The second-order valence-electron chi connectivity index (χ2n) is 6.61. The van der Waals surface area contributed by atoms with E-state index in [4.69, 9.17) is 9.15 Å². The Morgan fingerprint density at radius 3 is 2.40 bits per heavy atom. The molecule has 0 aliphatic heterocycles. The van der Waals surface area contributed by atoms with E-state index in [9.17, 15) is 13.2 Å². The second kappa shape index (κ2) is 10.1. The van der Waals surface area contributed by atoms with Crippen LogP contribution >= 0.6 is 0 Å². The lowest BCUT2D eigenvalue weighted by atomic mass is 10.1. The molecule has 7 nitrogen and oxygen atoms in total. The fourth-order valence-corrected chi connectivity index (χ4v) is 4.27. The van der Waals surface area contributed by atoms with Gasteiger partial charge < -0.3 is 14.5 Å². The minimum absolute atomic E-state index is 0.0481. The van der Waals surface area contributed by atoms with Crippen molar-refractivity contribution in [1.82, 2.24) is 9.62 Å². The highest BCUT2D eigenvalue weighted by molar-refractivity contribution is 7.89. The molecule has 0 fully saturated rings. The van der Waals surface area contributed by atoms with Gasteiger partial charge in [0.2, 0.25) is 15.9 Å². The third-order valence-corrected chi connectivity index (χ3v) is 6.31. The summed E-state index contributed by atoms with van der Waals surface area (Å²) in [5.41, 5.74) is 1.09. The maximum absolute atomic E-state index is 13.2. The second-order valence-corrected chi connectivity index (χ2v) is 8.55. The zero-order valence-corrected chi connectivity index (χ0v) is 17.5. The van der Waals surface area contributed by atoms with Crippen LogP contribution in [0.3, 0.4) is 0 Å². The summed E-state index contributed by atoms with van der Waals surface area (Å²) in [6.07, 6.45) is 2.13. The van der Waals surface area contributed by atoms with Crippen molar-refractivity contribution in [3.05, 3.63) is 84.3 Å². The number of rotatable bonds is 10. The number of benzene rings is 2. The van der Waals surface area contributed by atoms with E-state index in [0.717, 1.165) is 9.87 Å². The largest absolute Gasteiger partial charge is 0.497 e. The van der Waals surface area contributed by atoms with Gasteiger partial charge >= 0.3 is 0 Å². The number of amides is 1. The third kappa shape index (κ3) is 5.71. The molecule has 0 bridgehead atoms. The van der Waals surface area contributed by atoms with Gasteiger partial charge in [-0.25, -0.2) is 8.42 Å². The summed E-state index contributed by atoms with van der Waals surface area (Å²) in [6.45, 7) is 0.0529. The molecular formula is C22H24N2O5S. The minimum atomic E-state index is -3.92. The molecule has 0 saturated heterocycles. The van der Waals surface area contributed by atoms with Crippen molar-refractivity contribution in [3.63, 3.8) is 0 Å². The number of hydrogen-bond acceptors (Lipinski definition) is 5. The number of sulfonamides is 1. The predicted octanol–water partition coefficient (Wildman–Crippen LogP) is 2.84. The maximum Gasteiger partial charge on any atom is 0.243 e. The number of carbonyl (C=O) groups is 1. The van der Waals surface area contributed by atoms with Gasteiger partial charge in [-0.3, -0.25) is 4.79 Å². The Kier molecular flexibility index (Phi) is 7.26. The Labute approximate surface area is 176 Å². The van der Waals surface area contributed by atoms with E-state index in [2.05, 4.69) is 5.32 Å². The van der Waals surface area contributed by atoms with Crippen molar-refractivity contribution in [2.75, 3.05) is 20.2 Å². The van der Waals surface area contributed by atoms with Crippen LogP contribution in [0.5, 0.6) is 5.75 Å². The van der Waals surface area contributed by atoms with Crippen LogP contribution in [-0.2, 0) is 27.8 Å². The van der Waals surface area contributed by atoms with Crippen LogP contribution in [0.1, 0.15) is 11.3 Å². The highest BCUT2D eigenvalue weighted by atomic mass is 32.2. The fraction of sp³-hybridized carbons (Fsp3) is 0.227. The van der Waals surface area contributed by atoms with Gasteiger partial charge in [-0.05, 0) is 48.4 Å². The molecule has 3 aromatic rings. The SMILES string of the molecule is COc1ccc(S(=O)(=O)N(CC(=O)NCCc2ccccc2)Cc2ccco2)cc1. The smallest absolute Gasteiger partial charge is 0.243 e. The summed E-state index contributed by atoms with van der Waals surface area (Å²) >= 11 is 0. The highest BCUT2D eigenvalue weighted by Crippen LogP contribution is 2.21. The topological polar surface area (TPSA) is 88.9 Å². The molecule has 0 unspecified atom stereocenters. The zero-order chi connectivity index (χ0) is 21.4. The van der Waals surface area contributed by atoms with Gasteiger partial charge in [0.05, 0.1) is 31.4 Å². The summed E-state index contributed by atoms with van der Waals surface area (Å²) in [5, 5.41) is 2.79. The Morgan fingerprint density at radius 1 is 1.03 bits per heavy atom. The Morgan fingerprint density at radius 2 is 1.77 bits per heavy atom. The number of furan rings is 1. The summed E-state index contributed by atoms with van der Waals surface area (Å²) in [6, 6.07) is 19.1. The number of ether oxygens (including phenoxy) is 1. The van der Waals surface area contributed by atoms with Crippen LogP contribution < -0.4 is 10.1 Å². The van der Waals surface area contributed by atoms with Crippen LogP contribution in [0, 0.1) is 0 Å². The predicted molar refractivity (Wildman–Crippen MR) is 112 cm³/mol. The van der Waals surface area contributed by atoms with E-state index in [0.29, 0.717) is 24.5 Å². The van der Waals surface area contributed by atoms with E-state index >= 15 is 0 Å². The lowest BCUT2D eigenvalue weighted by molar-refractivity contribution is -0.121.